The molecule has 0 saturated heterocycles. The molecule has 0 bridgehead atoms. The van der Waals surface area contributed by atoms with Crippen molar-refractivity contribution in [2.75, 3.05) is 12.4 Å². The van der Waals surface area contributed by atoms with Crippen LogP contribution >= 0.6 is 29.7 Å². The molecule has 1 unspecified atom stereocenters. The molecule has 36 heavy (non-hydrogen) atoms. The first-order valence-electron chi connectivity index (χ1n) is 12.3. The van der Waals surface area contributed by atoms with Gasteiger partial charge in [-0.15, -0.1) is 0 Å². The zero-order chi connectivity index (χ0) is 26.8. The highest BCUT2D eigenvalue weighted by molar-refractivity contribution is 8.56. The average molecular weight is 567 g/mol. The Morgan fingerprint density at radius 1 is 1.00 bits per heavy atom. The zero-order valence-electron chi connectivity index (χ0n) is 20.9. The lowest BCUT2D eigenvalue weighted by molar-refractivity contribution is -0.422. The second-order valence-electron chi connectivity index (χ2n) is 8.15. The van der Waals surface area contributed by atoms with Crippen molar-refractivity contribution < 1.29 is 23.7 Å². The summed E-state index contributed by atoms with van der Waals surface area (Å²) >= 11 is 6.76. The number of nitro groups is 2. The van der Waals surface area contributed by atoms with E-state index in [1.54, 1.807) is 0 Å². The summed E-state index contributed by atoms with van der Waals surface area (Å²) in [4.78, 5) is 24.2. The van der Waals surface area contributed by atoms with Gasteiger partial charge in [0.2, 0.25) is 11.0 Å². The number of hydrogen-bond acceptors (Lipinski definition) is 9. The maximum absolute atomic E-state index is 13.4. The predicted octanol–water partition coefficient (Wildman–Crippen LogP) is 8.54. The summed E-state index contributed by atoms with van der Waals surface area (Å²) in [6.07, 6.45) is 13.9. The van der Waals surface area contributed by atoms with E-state index in [4.69, 9.17) is 20.9 Å². The van der Waals surface area contributed by atoms with Crippen LogP contribution in [0.5, 0.6) is 5.88 Å². The Balaban J connectivity index is 2.85. The first kappa shape index (κ1) is 32.1. The highest BCUT2D eigenvalue weighted by Gasteiger charge is 2.33. The van der Waals surface area contributed by atoms with Gasteiger partial charge in [0.25, 0.3) is 0 Å². The molecule has 1 atom stereocenters. The average Bonchev–Trinajstić information content (AvgIpc) is 2.81. The second-order valence-corrected chi connectivity index (χ2v) is 12.7. The molecule has 0 aliphatic rings. The Kier molecular flexibility index (Phi) is 16.4. The summed E-state index contributed by atoms with van der Waals surface area (Å²) in [6, 6.07) is 0.731. The Hall–Kier alpha value is -1.91. The summed E-state index contributed by atoms with van der Waals surface area (Å²) in [5.41, 5.74) is -1.87. The van der Waals surface area contributed by atoms with Gasteiger partial charge in [0.05, 0.1) is 22.5 Å². The highest BCUT2D eigenvalue weighted by atomic mass is 35.5. The van der Waals surface area contributed by atoms with Gasteiger partial charge in [-0.1, -0.05) is 89.7 Å². The lowest BCUT2D eigenvalue weighted by Crippen LogP contribution is -2.01. The van der Waals surface area contributed by atoms with Crippen LogP contribution in [0.3, 0.4) is 0 Å². The van der Waals surface area contributed by atoms with E-state index in [-0.39, 0.29) is 0 Å². The van der Waals surface area contributed by atoms with Gasteiger partial charge >= 0.3 is 18.1 Å². The van der Waals surface area contributed by atoms with Gasteiger partial charge in [-0.05, 0) is 24.2 Å². The van der Waals surface area contributed by atoms with Gasteiger partial charge in [0, 0.05) is 5.75 Å². The van der Waals surface area contributed by atoms with Crippen LogP contribution in [0.25, 0.3) is 0 Å². The third-order valence-corrected chi connectivity index (χ3v) is 9.01. The molecular weight excluding hydrogens is 531 g/mol. The first-order chi connectivity index (χ1) is 17.2. The molecule has 0 spiro atoms. The first-order valence-corrected chi connectivity index (χ1v) is 15.9. The molecule has 0 aromatic carbocycles. The standard InChI is InChI=1S/C22H36ClN4O7PS/c1-3-5-7-9-10-11-12-14-16-36-35(32,24-18-33-15-13-8-6-4-2)34-20-17-19(26(28)29)21(27(30)31)22(23)25-20/h17-18H,3-16H2,1-2H3. The quantitative estimate of drug-likeness (QED) is 0.0271. The van der Waals surface area contributed by atoms with Crippen LogP contribution in [0.2, 0.25) is 5.15 Å². The molecule has 0 fully saturated rings. The van der Waals surface area contributed by atoms with E-state index in [0.717, 1.165) is 75.2 Å². The van der Waals surface area contributed by atoms with Gasteiger partial charge in [-0.2, -0.15) is 9.75 Å². The van der Waals surface area contributed by atoms with Crippen LogP contribution < -0.4 is 4.52 Å². The summed E-state index contributed by atoms with van der Waals surface area (Å²) in [5.74, 6) is -0.00718. The minimum absolute atomic E-state index is 0.402. The highest BCUT2D eigenvalue weighted by Crippen LogP contribution is 2.60. The number of nitrogens with zero attached hydrogens (tertiary/aromatic N) is 4. The Bertz CT molecular complexity index is 907. The van der Waals surface area contributed by atoms with E-state index in [1.165, 1.54) is 25.7 Å². The molecule has 1 heterocycles. The fraction of sp³-hybridized carbons (Fsp3) is 0.727. The number of ether oxygens (including phenoxy) is 1. The third-order valence-electron chi connectivity index (χ3n) is 5.13. The maximum Gasteiger partial charge on any atom is 0.424 e. The van der Waals surface area contributed by atoms with Gasteiger partial charge in [-0.25, -0.2) is 4.57 Å². The summed E-state index contributed by atoms with van der Waals surface area (Å²) in [6.45, 7) is 0.844. The molecule has 0 amide bonds. The minimum Gasteiger partial charge on any atom is -0.483 e. The molecule has 0 N–H and O–H groups in total. The Morgan fingerprint density at radius 2 is 1.58 bits per heavy atom. The molecule has 1 aromatic rings. The molecule has 1 rings (SSSR count). The number of halogens is 1. The van der Waals surface area contributed by atoms with E-state index in [2.05, 4.69) is 23.6 Å². The van der Waals surface area contributed by atoms with E-state index >= 15 is 0 Å². The molecule has 0 radical (unpaired) electrons. The molecule has 204 valence electrons. The van der Waals surface area contributed by atoms with E-state index in [0.29, 0.717) is 12.4 Å². The minimum atomic E-state index is -3.83. The van der Waals surface area contributed by atoms with Crippen LogP contribution in [-0.2, 0) is 9.30 Å². The Morgan fingerprint density at radius 3 is 2.17 bits per heavy atom. The summed E-state index contributed by atoms with van der Waals surface area (Å²) in [5, 5.41) is 21.7. The molecular formula is C22H36ClN4O7PS. The zero-order valence-corrected chi connectivity index (χ0v) is 23.4. The van der Waals surface area contributed by atoms with Crippen LogP contribution in [0, 0.1) is 20.2 Å². The van der Waals surface area contributed by atoms with Crippen molar-refractivity contribution in [1.82, 2.24) is 4.98 Å². The van der Waals surface area contributed by atoms with Gasteiger partial charge < -0.3 is 9.26 Å². The van der Waals surface area contributed by atoms with Crippen LogP contribution in [-0.4, -0.2) is 33.6 Å². The lowest BCUT2D eigenvalue weighted by atomic mass is 10.1. The van der Waals surface area contributed by atoms with Gasteiger partial charge in [0.1, 0.15) is 0 Å². The summed E-state index contributed by atoms with van der Waals surface area (Å²) < 4.78 is 28.2. The Labute approximate surface area is 221 Å². The second kappa shape index (κ2) is 18.4. The van der Waals surface area contributed by atoms with Crippen molar-refractivity contribution in [1.29, 1.82) is 0 Å². The SMILES string of the molecule is CCCCCCCCCCSP(=O)(N=COCCCCCC)Oc1cc([N+](=O)[O-])c([N+](=O)[O-])c(Cl)n1. The molecule has 11 nitrogen and oxygen atoms in total. The van der Waals surface area contributed by atoms with Crippen molar-refractivity contribution >= 4 is 47.5 Å². The van der Waals surface area contributed by atoms with Crippen molar-refractivity contribution in [2.45, 2.75) is 90.9 Å². The summed E-state index contributed by atoms with van der Waals surface area (Å²) in [7, 11) is 0. The number of hydrogen-bond donors (Lipinski definition) is 0. The predicted molar refractivity (Wildman–Crippen MR) is 144 cm³/mol. The number of rotatable bonds is 21. The maximum atomic E-state index is 13.4. The van der Waals surface area contributed by atoms with Crippen molar-refractivity contribution in [3.8, 4) is 5.88 Å². The lowest BCUT2D eigenvalue weighted by Gasteiger charge is -2.14. The number of pyridine rings is 1. The fourth-order valence-electron chi connectivity index (χ4n) is 3.20. The van der Waals surface area contributed by atoms with Crippen molar-refractivity contribution in [3.63, 3.8) is 0 Å². The van der Waals surface area contributed by atoms with Crippen LogP contribution in [0.4, 0.5) is 11.4 Å². The molecule has 0 saturated carbocycles. The van der Waals surface area contributed by atoms with Gasteiger partial charge in [0.15, 0.2) is 6.40 Å². The molecule has 1 aromatic heterocycles. The van der Waals surface area contributed by atoms with E-state index < -0.39 is 39.0 Å². The van der Waals surface area contributed by atoms with Crippen molar-refractivity contribution in [2.24, 2.45) is 4.76 Å². The molecule has 14 heteroatoms. The monoisotopic (exact) mass is 566 g/mol. The molecule has 0 aliphatic carbocycles. The normalized spacial score (nSPS) is 13.0. The van der Waals surface area contributed by atoms with Gasteiger partial charge in [-0.3, -0.25) is 20.2 Å². The fourth-order valence-corrected chi connectivity index (χ4v) is 6.47. The topological polar surface area (TPSA) is 147 Å². The van der Waals surface area contributed by atoms with E-state index in [9.17, 15) is 24.8 Å². The van der Waals surface area contributed by atoms with E-state index in [1.807, 2.05) is 0 Å². The molecule has 0 aliphatic heterocycles. The number of unbranched alkanes of at least 4 members (excludes halogenated alkanes) is 10. The van der Waals surface area contributed by atoms with Crippen molar-refractivity contribution in [3.05, 3.63) is 31.4 Å². The third kappa shape index (κ3) is 12.9. The number of aromatic nitrogens is 1. The van der Waals surface area contributed by atoms with Crippen LogP contribution in [0.1, 0.15) is 90.9 Å². The smallest absolute Gasteiger partial charge is 0.424 e. The van der Waals surface area contributed by atoms with Crippen LogP contribution in [0.15, 0.2) is 10.8 Å². The largest absolute Gasteiger partial charge is 0.483 e.